The van der Waals surface area contributed by atoms with Crippen molar-refractivity contribution in [3.63, 3.8) is 0 Å². The molecule has 3 atom stereocenters. The van der Waals surface area contributed by atoms with E-state index in [1.54, 1.807) is 16.2 Å². The predicted molar refractivity (Wildman–Crippen MR) is 72.3 cm³/mol. The first-order valence-electron chi connectivity index (χ1n) is 6.67. The minimum absolute atomic E-state index is 0.0114. The average Bonchev–Trinajstić information content (AvgIpc) is 2.82. The van der Waals surface area contributed by atoms with E-state index in [-0.39, 0.29) is 11.8 Å². The standard InChI is InChI=1S/C14H17NO3S/c1-8-4-6-19-12(8)9-7-10(9)13(16)15-5-2-3-11(15)14(17)18/h4,6,9-11H,2-3,5,7H2,1H3,(H,17,18)/t9?,10?,11-/m1/s1. The van der Waals surface area contributed by atoms with Crippen molar-refractivity contribution in [2.24, 2.45) is 5.92 Å². The van der Waals surface area contributed by atoms with Crippen molar-refractivity contribution in [1.82, 2.24) is 4.90 Å². The topological polar surface area (TPSA) is 57.6 Å². The van der Waals surface area contributed by atoms with Crippen LogP contribution in [-0.2, 0) is 9.59 Å². The maximum Gasteiger partial charge on any atom is 0.326 e. The summed E-state index contributed by atoms with van der Waals surface area (Å²) in [5.41, 5.74) is 1.25. The Labute approximate surface area is 116 Å². The number of thiophene rings is 1. The maximum atomic E-state index is 12.4. The number of amides is 1. The summed E-state index contributed by atoms with van der Waals surface area (Å²) in [6.45, 7) is 2.67. The summed E-state index contributed by atoms with van der Waals surface area (Å²) >= 11 is 1.70. The zero-order valence-corrected chi connectivity index (χ0v) is 11.7. The highest BCUT2D eigenvalue weighted by Crippen LogP contribution is 2.51. The highest BCUT2D eigenvalue weighted by atomic mass is 32.1. The van der Waals surface area contributed by atoms with E-state index in [0.717, 1.165) is 12.8 Å². The van der Waals surface area contributed by atoms with Crippen molar-refractivity contribution in [2.75, 3.05) is 6.54 Å². The monoisotopic (exact) mass is 279 g/mol. The molecule has 0 bridgehead atoms. The Kier molecular flexibility index (Phi) is 3.09. The molecule has 19 heavy (non-hydrogen) atoms. The van der Waals surface area contributed by atoms with Crippen molar-refractivity contribution in [3.05, 3.63) is 21.9 Å². The number of carbonyl (C=O) groups excluding carboxylic acids is 1. The van der Waals surface area contributed by atoms with Crippen LogP contribution in [0.3, 0.4) is 0 Å². The molecular formula is C14H17NO3S. The number of hydrogen-bond acceptors (Lipinski definition) is 3. The Morgan fingerprint density at radius 3 is 2.89 bits per heavy atom. The third-order valence-electron chi connectivity index (χ3n) is 4.17. The molecule has 1 amide bonds. The van der Waals surface area contributed by atoms with Gasteiger partial charge in [0.05, 0.1) is 0 Å². The lowest BCUT2D eigenvalue weighted by atomic mass is 10.1. The van der Waals surface area contributed by atoms with Gasteiger partial charge in [0, 0.05) is 23.3 Å². The Hall–Kier alpha value is -1.36. The first kappa shape index (κ1) is 12.7. The smallest absolute Gasteiger partial charge is 0.326 e. The number of carboxylic acids is 1. The lowest BCUT2D eigenvalue weighted by Crippen LogP contribution is -2.41. The van der Waals surface area contributed by atoms with Crippen LogP contribution in [0.25, 0.3) is 0 Å². The number of carbonyl (C=O) groups is 2. The van der Waals surface area contributed by atoms with Gasteiger partial charge >= 0.3 is 5.97 Å². The van der Waals surface area contributed by atoms with Crippen LogP contribution < -0.4 is 0 Å². The first-order chi connectivity index (χ1) is 9.09. The molecule has 0 spiro atoms. The van der Waals surface area contributed by atoms with Crippen molar-refractivity contribution < 1.29 is 14.7 Å². The van der Waals surface area contributed by atoms with Gasteiger partial charge in [0.2, 0.25) is 5.91 Å². The highest BCUT2D eigenvalue weighted by molar-refractivity contribution is 7.10. The van der Waals surface area contributed by atoms with Crippen LogP contribution in [-0.4, -0.2) is 34.5 Å². The molecule has 3 rings (SSSR count). The van der Waals surface area contributed by atoms with Crippen LogP contribution in [0.2, 0.25) is 0 Å². The highest BCUT2D eigenvalue weighted by Gasteiger charge is 2.49. The zero-order valence-electron chi connectivity index (χ0n) is 10.8. The van der Waals surface area contributed by atoms with Gasteiger partial charge in [-0.3, -0.25) is 4.79 Å². The molecule has 2 fully saturated rings. The van der Waals surface area contributed by atoms with Gasteiger partial charge in [-0.1, -0.05) is 0 Å². The van der Waals surface area contributed by atoms with Crippen LogP contribution in [0.5, 0.6) is 0 Å². The summed E-state index contributed by atoms with van der Waals surface area (Å²) in [6.07, 6.45) is 2.28. The molecule has 4 nitrogen and oxygen atoms in total. The second-order valence-corrected chi connectivity index (χ2v) is 6.39. The third kappa shape index (κ3) is 2.16. The average molecular weight is 279 g/mol. The van der Waals surface area contributed by atoms with Gasteiger partial charge in [0.15, 0.2) is 0 Å². The van der Waals surface area contributed by atoms with Gasteiger partial charge in [0.1, 0.15) is 6.04 Å². The molecule has 0 radical (unpaired) electrons. The van der Waals surface area contributed by atoms with Crippen molar-refractivity contribution in [3.8, 4) is 0 Å². The predicted octanol–water partition coefficient (Wildman–Crippen LogP) is 2.24. The number of nitrogens with zero attached hydrogens (tertiary/aromatic N) is 1. The molecule has 2 heterocycles. The molecule has 2 unspecified atom stereocenters. The number of carboxylic acid groups (broad SMARTS) is 1. The van der Waals surface area contributed by atoms with Crippen molar-refractivity contribution in [2.45, 2.75) is 38.1 Å². The van der Waals surface area contributed by atoms with Gasteiger partial charge in [-0.2, -0.15) is 0 Å². The fourth-order valence-corrected chi connectivity index (χ4v) is 4.13. The quantitative estimate of drug-likeness (QED) is 0.923. The van der Waals surface area contributed by atoms with Gasteiger partial charge in [-0.05, 0) is 43.2 Å². The van der Waals surface area contributed by atoms with E-state index in [1.165, 1.54) is 10.4 Å². The van der Waals surface area contributed by atoms with Gasteiger partial charge < -0.3 is 10.0 Å². The van der Waals surface area contributed by atoms with E-state index in [4.69, 9.17) is 5.11 Å². The molecule has 5 heteroatoms. The Balaban J connectivity index is 1.70. The lowest BCUT2D eigenvalue weighted by molar-refractivity contribution is -0.148. The van der Waals surface area contributed by atoms with Crippen molar-refractivity contribution >= 4 is 23.2 Å². The summed E-state index contributed by atoms with van der Waals surface area (Å²) in [4.78, 5) is 26.4. The minimum Gasteiger partial charge on any atom is -0.480 e. The second-order valence-electron chi connectivity index (χ2n) is 5.44. The van der Waals surface area contributed by atoms with E-state index < -0.39 is 12.0 Å². The number of aryl methyl sites for hydroxylation is 1. The van der Waals surface area contributed by atoms with Gasteiger partial charge in [-0.15, -0.1) is 11.3 Å². The summed E-state index contributed by atoms with van der Waals surface area (Å²) in [7, 11) is 0. The number of hydrogen-bond donors (Lipinski definition) is 1. The fraction of sp³-hybridized carbons (Fsp3) is 0.571. The lowest BCUT2D eigenvalue weighted by Gasteiger charge is -2.21. The van der Waals surface area contributed by atoms with Crippen LogP contribution in [0.1, 0.15) is 35.6 Å². The molecule has 1 aliphatic heterocycles. The van der Waals surface area contributed by atoms with Crippen LogP contribution >= 0.6 is 11.3 Å². The molecule has 0 aromatic carbocycles. The van der Waals surface area contributed by atoms with E-state index in [9.17, 15) is 9.59 Å². The largest absolute Gasteiger partial charge is 0.480 e. The van der Waals surface area contributed by atoms with Crippen LogP contribution in [0, 0.1) is 12.8 Å². The van der Waals surface area contributed by atoms with E-state index in [1.807, 2.05) is 0 Å². The Morgan fingerprint density at radius 1 is 1.47 bits per heavy atom. The fourth-order valence-electron chi connectivity index (χ4n) is 3.02. The minimum atomic E-state index is -0.865. The third-order valence-corrected chi connectivity index (χ3v) is 5.32. The molecule has 102 valence electrons. The Morgan fingerprint density at radius 2 is 2.26 bits per heavy atom. The van der Waals surface area contributed by atoms with Crippen LogP contribution in [0.15, 0.2) is 11.4 Å². The Bertz CT molecular complexity index is 525. The summed E-state index contributed by atoms with van der Waals surface area (Å²) < 4.78 is 0. The zero-order chi connectivity index (χ0) is 13.6. The maximum absolute atomic E-state index is 12.4. The summed E-state index contributed by atoms with van der Waals surface area (Å²) in [5.74, 6) is -0.488. The first-order valence-corrected chi connectivity index (χ1v) is 7.55. The molecule has 1 saturated heterocycles. The van der Waals surface area contributed by atoms with Crippen molar-refractivity contribution in [1.29, 1.82) is 0 Å². The normalized spacial score (nSPS) is 29.5. The second kappa shape index (κ2) is 4.63. The molecule has 2 aliphatic rings. The number of aliphatic carboxylic acids is 1. The van der Waals surface area contributed by atoms with Crippen LogP contribution in [0.4, 0.5) is 0 Å². The van der Waals surface area contributed by atoms with E-state index in [2.05, 4.69) is 18.4 Å². The molecule has 1 N–H and O–H groups in total. The van der Waals surface area contributed by atoms with Gasteiger partial charge in [0.25, 0.3) is 0 Å². The summed E-state index contributed by atoms with van der Waals surface area (Å²) in [5, 5.41) is 11.2. The molecule has 1 aromatic heterocycles. The summed E-state index contributed by atoms with van der Waals surface area (Å²) in [6, 6.07) is 1.48. The molecule has 1 saturated carbocycles. The SMILES string of the molecule is Cc1ccsc1C1CC1C(=O)N1CCC[C@@H]1C(=O)O. The molecule has 1 aliphatic carbocycles. The number of likely N-dealkylation sites (tertiary alicyclic amines) is 1. The molecule has 1 aromatic rings. The van der Waals surface area contributed by atoms with Gasteiger partial charge in [-0.25, -0.2) is 4.79 Å². The number of rotatable bonds is 3. The van der Waals surface area contributed by atoms with E-state index in [0.29, 0.717) is 18.9 Å². The van der Waals surface area contributed by atoms with E-state index >= 15 is 0 Å². The molecular weight excluding hydrogens is 262 g/mol.